The molecule has 5 aliphatic rings. The first-order chi connectivity index (χ1) is 15.7. The number of fused-ring (bicyclic) bond motifs is 2. The fraction of sp³-hybridized carbons (Fsp3) is 0.519. The molecule has 2 saturated heterocycles. The van der Waals surface area contributed by atoms with Crippen LogP contribution in [0.1, 0.15) is 29.4 Å². The number of hydrogen-bond donors (Lipinski definition) is 2. The van der Waals surface area contributed by atoms with E-state index in [1.165, 1.54) is 5.56 Å². The molecule has 33 heavy (non-hydrogen) atoms. The molecule has 5 nitrogen and oxygen atoms in total. The van der Waals surface area contributed by atoms with Gasteiger partial charge in [-0.2, -0.15) is 0 Å². The van der Waals surface area contributed by atoms with Crippen LogP contribution in [0.2, 0.25) is 0 Å². The molecule has 0 aromatic heterocycles. The largest absolute Gasteiger partial charge is 0.508 e. The molecule has 0 amide bonds. The number of hydrogen-bond acceptors (Lipinski definition) is 5. The summed E-state index contributed by atoms with van der Waals surface area (Å²) in [4.78, 5) is 15.3. The number of aliphatic hydroxyl groups excluding tert-OH is 1. The van der Waals surface area contributed by atoms with Crippen LogP contribution in [0.4, 0.5) is 5.69 Å². The number of aromatic hydroxyl groups is 1. The first-order valence-corrected chi connectivity index (χ1v) is 14.2. The smallest absolute Gasteiger partial charge is 0.144 e. The molecule has 5 fully saturated rings. The molecule has 3 aliphatic carbocycles. The minimum atomic E-state index is -0.920. The summed E-state index contributed by atoms with van der Waals surface area (Å²) in [6.07, 6.45) is 3.20. The predicted octanol–water partition coefficient (Wildman–Crippen LogP) is 3.69. The highest BCUT2D eigenvalue weighted by Gasteiger charge is 2.95. The second-order valence-corrected chi connectivity index (χ2v) is 15.1. The summed E-state index contributed by atoms with van der Waals surface area (Å²) in [5, 5.41) is 22.0. The van der Waals surface area contributed by atoms with Crippen LogP contribution in [-0.2, 0) is 4.79 Å². The van der Waals surface area contributed by atoms with Crippen molar-refractivity contribution in [2.45, 2.75) is 28.9 Å². The number of Topliss-reactive ketones (excluding diaryl/α,β-unsaturated/α-hetero) is 1. The molecule has 3 saturated carbocycles. The molecule has 0 radical (unpaired) electrons. The quantitative estimate of drug-likeness (QED) is 0.659. The third-order valence-electron chi connectivity index (χ3n) is 9.81. The molecular formula is C27H31NO4S. The molecular weight excluding hydrogens is 434 g/mol. The molecule has 2 N–H and O–H groups in total. The van der Waals surface area contributed by atoms with Crippen LogP contribution in [0, 0.1) is 22.7 Å². The van der Waals surface area contributed by atoms with Gasteiger partial charge in [0.25, 0.3) is 0 Å². The summed E-state index contributed by atoms with van der Waals surface area (Å²) in [7, 11) is 4.69. The van der Waals surface area contributed by atoms with E-state index in [4.69, 9.17) is 4.74 Å². The molecule has 2 aliphatic heterocycles. The van der Waals surface area contributed by atoms with E-state index in [1.54, 1.807) is 7.11 Å². The number of carbonyl (C=O) groups is 1. The van der Waals surface area contributed by atoms with Crippen molar-refractivity contribution in [1.82, 2.24) is 0 Å². The van der Waals surface area contributed by atoms with Gasteiger partial charge in [0.2, 0.25) is 0 Å². The fourth-order valence-corrected chi connectivity index (χ4v) is 12.7. The highest BCUT2D eigenvalue weighted by atomic mass is 32.3. The van der Waals surface area contributed by atoms with E-state index < -0.39 is 10.0 Å². The van der Waals surface area contributed by atoms with Crippen molar-refractivity contribution in [2.24, 2.45) is 22.7 Å². The molecule has 7 rings (SSSR count). The summed E-state index contributed by atoms with van der Waals surface area (Å²) >= 11 is 0. The molecule has 9 unspecified atom stereocenters. The summed E-state index contributed by atoms with van der Waals surface area (Å²) in [5.74, 6) is 3.43. The van der Waals surface area contributed by atoms with Gasteiger partial charge < -0.3 is 19.8 Å². The zero-order valence-corrected chi connectivity index (χ0v) is 20.3. The van der Waals surface area contributed by atoms with Gasteiger partial charge in [0.15, 0.2) is 0 Å². The van der Waals surface area contributed by atoms with Gasteiger partial charge >= 0.3 is 0 Å². The van der Waals surface area contributed by atoms with Crippen LogP contribution >= 0.6 is 10.0 Å². The Labute approximate surface area is 196 Å². The molecule has 9 atom stereocenters. The van der Waals surface area contributed by atoms with Crippen molar-refractivity contribution in [3.05, 3.63) is 53.6 Å². The van der Waals surface area contributed by atoms with E-state index in [2.05, 4.69) is 30.5 Å². The van der Waals surface area contributed by atoms with Gasteiger partial charge in [-0.3, -0.25) is 4.79 Å². The molecule has 0 bridgehead atoms. The Morgan fingerprint density at radius 1 is 1.12 bits per heavy atom. The molecule has 2 aromatic carbocycles. The predicted molar refractivity (Wildman–Crippen MR) is 131 cm³/mol. The molecule has 2 spiro atoms. The van der Waals surface area contributed by atoms with Gasteiger partial charge in [0.1, 0.15) is 17.3 Å². The van der Waals surface area contributed by atoms with Crippen molar-refractivity contribution >= 4 is 21.5 Å². The number of methoxy groups -OCH3 is 1. The van der Waals surface area contributed by atoms with Gasteiger partial charge in [-0.15, -0.1) is 0 Å². The number of phenols is 1. The SMILES string of the molecule is COc1ccc(C2CC23C(=O)C3C2C(c3ccc(N(C)C)cc3O)C23CS2(C)C(O)C32)cc1. The Kier molecular flexibility index (Phi) is 3.61. The third-order valence-corrected chi connectivity index (χ3v) is 13.9. The first-order valence-electron chi connectivity index (χ1n) is 11.8. The fourth-order valence-electron chi connectivity index (χ4n) is 8.00. The zero-order valence-electron chi connectivity index (χ0n) is 19.5. The maximum atomic E-state index is 13.4. The lowest BCUT2D eigenvalue weighted by Gasteiger charge is -2.37. The molecule has 6 heteroatoms. The monoisotopic (exact) mass is 465 g/mol. The normalized spacial score (nSPS) is 47.4. The average molecular weight is 466 g/mol. The number of ketones is 1. The lowest BCUT2D eigenvalue weighted by atomic mass is 9.95. The summed E-state index contributed by atoms with van der Waals surface area (Å²) < 4.78 is 5.30. The summed E-state index contributed by atoms with van der Waals surface area (Å²) in [6, 6.07) is 14.1. The van der Waals surface area contributed by atoms with E-state index in [0.717, 1.165) is 29.2 Å². The van der Waals surface area contributed by atoms with E-state index in [0.29, 0.717) is 22.7 Å². The van der Waals surface area contributed by atoms with E-state index in [1.807, 2.05) is 37.2 Å². The highest BCUT2D eigenvalue weighted by Crippen LogP contribution is 3.00. The average Bonchev–Trinajstić information content (AvgIpc) is 3.74. The van der Waals surface area contributed by atoms with E-state index in [-0.39, 0.29) is 34.0 Å². The van der Waals surface area contributed by atoms with Gasteiger partial charge in [-0.25, -0.2) is 10.0 Å². The number of rotatable bonds is 5. The molecule has 2 aromatic rings. The Morgan fingerprint density at radius 2 is 1.85 bits per heavy atom. The van der Waals surface area contributed by atoms with Crippen molar-refractivity contribution in [1.29, 1.82) is 0 Å². The second kappa shape index (κ2) is 5.89. The van der Waals surface area contributed by atoms with Gasteiger partial charge in [-0.05, 0) is 65.5 Å². The van der Waals surface area contributed by atoms with E-state index in [9.17, 15) is 15.0 Å². The molecule has 2 heterocycles. The highest BCUT2D eigenvalue weighted by molar-refractivity contribution is 8.41. The molecule has 174 valence electrons. The van der Waals surface area contributed by atoms with Crippen LogP contribution in [0.3, 0.4) is 0 Å². The van der Waals surface area contributed by atoms with Crippen molar-refractivity contribution in [3.8, 4) is 11.5 Å². The lowest BCUT2D eigenvalue weighted by Crippen LogP contribution is -2.30. The van der Waals surface area contributed by atoms with Gasteiger partial charge in [0, 0.05) is 47.8 Å². The van der Waals surface area contributed by atoms with Gasteiger partial charge in [0.05, 0.1) is 12.5 Å². The van der Waals surface area contributed by atoms with E-state index >= 15 is 0 Å². The Bertz CT molecular complexity index is 1210. The minimum absolute atomic E-state index is 0.0114. The van der Waals surface area contributed by atoms with Crippen molar-refractivity contribution in [2.75, 3.05) is 38.1 Å². The number of benzene rings is 2. The Morgan fingerprint density at radius 3 is 2.39 bits per heavy atom. The van der Waals surface area contributed by atoms with Gasteiger partial charge in [-0.1, -0.05) is 18.2 Å². The van der Waals surface area contributed by atoms with Crippen LogP contribution in [0.25, 0.3) is 0 Å². The number of anilines is 1. The maximum absolute atomic E-state index is 13.4. The van der Waals surface area contributed by atoms with Crippen LogP contribution in [-0.4, -0.2) is 59.9 Å². The second-order valence-electron chi connectivity index (χ2n) is 11.4. The Hall–Kier alpha value is -2.18. The van der Waals surface area contributed by atoms with Crippen LogP contribution in [0.15, 0.2) is 42.5 Å². The topological polar surface area (TPSA) is 70.0 Å². The minimum Gasteiger partial charge on any atom is -0.508 e. The summed E-state index contributed by atoms with van der Waals surface area (Å²) in [6.45, 7) is 0. The number of aliphatic hydroxyl groups is 1. The maximum Gasteiger partial charge on any atom is 0.144 e. The van der Waals surface area contributed by atoms with Crippen molar-refractivity contribution in [3.63, 3.8) is 0 Å². The number of ether oxygens (including phenoxy) is 1. The number of nitrogens with zero attached hydrogens (tertiary/aromatic N) is 1. The Balaban J connectivity index is 1.21. The standard InChI is InChI=1S/C27H31NO4S/c1-28(2)15-7-10-17(19(29)11-15)20-21(27(20)13-33(4)24(27)25(33)31)22-23(30)26(22)12-18(26)14-5-8-16(32-3)9-6-14/h5-11,18,20-22,24-25,29,31H,12-13H2,1-4H3. The van der Waals surface area contributed by atoms with Crippen LogP contribution < -0.4 is 9.64 Å². The lowest BCUT2D eigenvalue weighted by molar-refractivity contribution is -0.112. The van der Waals surface area contributed by atoms with Crippen LogP contribution in [0.5, 0.6) is 11.5 Å². The number of phenolic OH excluding ortho intramolecular Hbond substituents is 1. The summed E-state index contributed by atoms with van der Waals surface area (Å²) in [5.41, 5.74) is 2.79. The zero-order chi connectivity index (χ0) is 23.1. The first kappa shape index (κ1) is 20.2. The number of carbonyl (C=O) groups excluding carboxylic acids is 1. The third kappa shape index (κ3) is 2.23. The van der Waals surface area contributed by atoms with Crippen molar-refractivity contribution < 1.29 is 19.7 Å².